The van der Waals surface area contributed by atoms with Crippen molar-refractivity contribution in [1.29, 1.82) is 0 Å². The van der Waals surface area contributed by atoms with Gasteiger partial charge in [-0.1, -0.05) is 12.1 Å². The molecule has 1 unspecified atom stereocenters. The van der Waals surface area contributed by atoms with Crippen LogP contribution >= 0.6 is 0 Å². The number of nitrogens with zero attached hydrogens (tertiary/aromatic N) is 2. The fraction of sp³-hybridized carbons (Fsp3) is 0.571. The van der Waals surface area contributed by atoms with Gasteiger partial charge in [-0.3, -0.25) is 4.90 Å². The highest BCUT2D eigenvalue weighted by Gasteiger charge is 2.21. The van der Waals surface area contributed by atoms with Crippen molar-refractivity contribution in [2.75, 3.05) is 46.8 Å². The van der Waals surface area contributed by atoms with Gasteiger partial charge in [-0.05, 0) is 20.2 Å². The summed E-state index contributed by atoms with van der Waals surface area (Å²) in [5.41, 5.74) is 0.404. The normalized spacial score (nSPS) is 19.6. The van der Waals surface area contributed by atoms with E-state index >= 15 is 0 Å². The van der Waals surface area contributed by atoms with E-state index in [1.807, 2.05) is 0 Å². The molecule has 0 spiro atoms. The standard InChI is InChI=1S/C14H21F2N3/c1-17-13(10-19-8-6-18(2)7-9-19)11-4-3-5-12(15)14(11)16/h3-5,13,17H,6-10H2,1-2H3. The molecule has 0 amide bonds. The molecule has 1 aromatic carbocycles. The summed E-state index contributed by atoms with van der Waals surface area (Å²) >= 11 is 0. The van der Waals surface area contributed by atoms with Crippen LogP contribution < -0.4 is 5.32 Å². The number of halogens is 2. The highest BCUT2D eigenvalue weighted by Crippen LogP contribution is 2.20. The van der Waals surface area contributed by atoms with E-state index in [9.17, 15) is 8.78 Å². The van der Waals surface area contributed by atoms with Crippen LogP contribution in [0.2, 0.25) is 0 Å². The summed E-state index contributed by atoms with van der Waals surface area (Å²) in [4.78, 5) is 4.55. The largest absolute Gasteiger partial charge is 0.312 e. The van der Waals surface area contributed by atoms with Gasteiger partial charge in [-0.15, -0.1) is 0 Å². The SMILES string of the molecule is CNC(CN1CCN(C)CC1)c1cccc(F)c1F. The van der Waals surface area contributed by atoms with Crippen LogP contribution in [0.1, 0.15) is 11.6 Å². The molecule has 1 saturated heterocycles. The minimum atomic E-state index is -0.781. The van der Waals surface area contributed by atoms with Crippen LogP contribution in [0, 0.1) is 11.6 Å². The molecule has 1 aliphatic rings. The third-order valence-corrected chi connectivity index (χ3v) is 3.74. The van der Waals surface area contributed by atoms with Crippen LogP contribution in [-0.4, -0.2) is 56.6 Å². The summed E-state index contributed by atoms with van der Waals surface area (Å²) in [7, 11) is 3.88. The molecule has 1 atom stereocenters. The molecule has 1 aromatic rings. The van der Waals surface area contributed by atoms with Crippen molar-refractivity contribution in [2.24, 2.45) is 0 Å². The Morgan fingerprint density at radius 1 is 1.21 bits per heavy atom. The molecule has 1 N–H and O–H groups in total. The summed E-state index contributed by atoms with van der Waals surface area (Å²) in [6.45, 7) is 4.66. The Hall–Kier alpha value is -1.04. The lowest BCUT2D eigenvalue weighted by molar-refractivity contribution is 0.142. The second kappa shape index (κ2) is 6.41. The fourth-order valence-electron chi connectivity index (χ4n) is 2.42. The quantitative estimate of drug-likeness (QED) is 0.893. The lowest BCUT2D eigenvalue weighted by Gasteiger charge is -2.34. The zero-order chi connectivity index (χ0) is 13.8. The molecule has 0 aliphatic carbocycles. The second-order valence-electron chi connectivity index (χ2n) is 5.09. The van der Waals surface area contributed by atoms with E-state index in [1.54, 1.807) is 19.2 Å². The topological polar surface area (TPSA) is 18.5 Å². The van der Waals surface area contributed by atoms with Crippen LogP contribution in [0.4, 0.5) is 8.78 Å². The molecule has 0 saturated carbocycles. The van der Waals surface area contributed by atoms with Crippen LogP contribution in [0.3, 0.4) is 0 Å². The smallest absolute Gasteiger partial charge is 0.163 e. The van der Waals surface area contributed by atoms with E-state index in [2.05, 4.69) is 22.2 Å². The van der Waals surface area contributed by atoms with Gasteiger partial charge in [0.25, 0.3) is 0 Å². The fourth-order valence-corrected chi connectivity index (χ4v) is 2.42. The van der Waals surface area contributed by atoms with Gasteiger partial charge in [0.1, 0.15) is 0 Å². The van der Waals surface area contributed by atoms with Crippen molar-refractivity contribution in [3.8, 4) is 0 Å². The number of hydrogen-bond acceptors (Lipinski definition) is 3. The van der Waals surface area contributed by atoms with Gasteiger partial charge in [0, 0.05) is 44.3 Å². The van der Waals surface area contributed by atoms with E-state index in [1.165, 1.54) is 0 Å². The first-order valence-corrected chi connectivity index (χ1v) is 6.64. The maximum Gasteiger partial charge on any atom is 0.163 e. The molecule has 0 bridgehead atoms. The Morgan fingerprint density at radius 2 is 1.89 bits per heavy atom. The van der Waals surface area contributed by atoms with Crippen molar-refractivity contribution >= 4 is 0 Å². The lowest BCUT2D eigenvalue weighted by Crippen LogP contribution is -2.47. The zero-order valence-electron chi connectivity index (χ0n) is 11.5. The van der Waals surface area contributed by atoms with Crippen molar-refractivity contribution in [1.82, 2.24) is 15.1 Å². The molecular weight excluding hydrogens is 248 g/mol. The van der Waals surface area contributed by atoms with Gasteiger partial charge in [0.2, 0.25) is 0 Å². The maximum atomic E-state index is 13.8. The number of hydrogen-bond donors (Lipinski definition) is 1. The van der Waals surface area contributed by atoms with Crippen LogP contribution in [0.25, 0.3) is 0 Å². The molecule has 2 rings (SSSR count). The van der Waals surface area contributed by atoms with Crippen LogP contribution in [0.5, 0.6) is 0 Å². The van der Waals surface area contributed by atoms with Crippen molar-refractivity contribution in [3.63, 3.8) is 0 Å². The van der Waals surface area contributed by atoms with Gasteiger partial charge in [0.15, 0.2) is 11.6 Å². The summed E-state index contributed by atoms with van der Waals surface area (Å²) in [5.74, 6) is -1.52. The molecule has 19 heavy (non-hydrogen) atoms. The first kappa shape index (κ1) is 14.4. The summed E-state index contributed by atoms with van der Waals surface area (Å²) in [6, 6.07) is 4.18. The predicted molar refractivity (Wildman–Crippen MR) is 72.1 cm³/mol. The first-order valence-electron chi connectivity index (χ1n) is 6.64. The Labute approximate surface area is 113 Å². The van der Waals surface area contributed by atoms with Crippen LogP contribution in [0.15, 0.2) is 18.2 Å². The summed E-state index contributed by atoms with van der Waals surface area (Å²) in [5, 5.41) is 3.08. The van der Waals surface area contributed by atoms with Gasteiger partial charge in [-0.25, -0.2) is 8.78 Å². The highest BCUT2D eigenvalue weighted by molar-refractivity contribution is 5.23. The van der Waals surface area contributed by atoms with Crippen molar-refractivity contribution in [2.45, 2.75) is 6.04 Å². The van der Waals surface area contributed by atoms with E-state index in [0.717, 1.165) is 32.2 Å². The van der Waals surface area contributed by atoms with Gasteiger partial charge in [-0.2, -0.15) is 0 Å². The van der Waals surface area contributed by atoms with E-state index in [4.69, 9.17) is 0 Å². The van der Waals surface area contributed by atoms with E-state index < -0.39 is 11.6 Å². The predicted octanol–water partition coefficient (Wildman–Crippen LogP) is 1.47. The van der Waals surface area contributed by atoms with Crippen molar-refractivity contribution in [3.05, 3.63) is 35.4 Å². The third-order valence-electron chi connectivity index (χ3n) is 3.74. The average molecular weight is 269 g/mol. The molecule has 1 heterocycles. The summed E-state index contributed by atoms with van der Waals surface area (Å²) < 4.78 is 27.1. The van der Waals surface area contributed by atoms with E-state index in [0.29, 0.717) is 12.1 Å². The Kier molecular flexibility index (Phi) is 4.85. The van der Waals surface area contributed by atoms with E-state index in [-0.39, 0.29) is 6.04 Å². The zero-order valence-corrected chi connectivity index (χ0v) is 11.5. The monoisotopic (exact) mass is 269 g/mol. The summed E-state index contributed by atoms with van der Waals surface area (Å²) in [6.07, 6.45) is 0. The Bertz CT molecular complexity index is 417. The number of benzene rings is 1. The molecule has 106 valence electrons. The number of rotatable bonds is 4. The first-order chi connectivity index (χ1) is 9.11. The number of likely N-dealkylation sites (N-methyl/N-ethyl adjacent to an activating group) is 2. The third kappa shape index (κ3) is 3.49. The lowest BCUT2D eigenvalue weighted by atomic mass is 10.1. The second-order valence-corrected chi connectivity index (χ2v) is 5.09. The Balaban J connectivity index is 2.05. The molecule has 5 heteroatoms. The van der Waals surface area contributed by atoms with Gasteiger partial charge < -0.3 is 10.2 Å². The molecule has 1 aliphatic heterocycles. The highest BCUT2D eigenvalue weighted by atomic mass is 19.2. The van der Waals surface area contributed by atoms with Gasteiger partial charge >= 0.3 is 0 Å². The Morgan fingerprint density at radius 3 is 2.53 bits per heavy atom. The minimum absolute atomic E-state index is 0.181. The van der Waals surface area contributed by atoms with Gasteiger partial charge in [0.05, 0.1) is 0 Å². The van der Waals surface area contributed by atoms with Crippen LogP contribution in [-0.2, 0) is 0 Å². The maximum absolute atomic E-state index is 13.8. The molecule has 1 fully saturated rings. The molecular formula is C14H21F2N3. The average Bonchev–Trinajstić information content (AvgIpc) is 2.42. The number of piperazine rings is 1. The molecule has 0 radical (unpaired) electrons. The van der Waals surface area contributed by atoms with Crippen molar-refractivity contribution < 1.29 is 8.78 Å². The number of nitrogens with one attached hydrogen (secondary N) is 1. The molecule has 0 aromatic heterocycles. The molecule has 3 nitrogen and oxygen atoms in total. The minimum Gasteiger partial charge on any atom is -0.312 e.